The molecule has 214 valence electrons. The Hall–Kier alpha value is -2.02. The monoisotopic (exact) mass is 528 g/mol. The number of aryl methyl sites for hydroxylation is 1. The average Bonchev–Trinajstić information content (AvgIpc) is 2.88. The third kappa shape index (κ3) is 9.26. The molecule has 1 heteroatoms. The van der Waals surface area contributed by atoms with Crippen LogP contribution in [-0.2, 0) is 19.3 Å². The van der Waals surface area contributed by atoms with Gasteiger partial charge in [0.25, 0.3) is 0 Å². The predicted molar refractivity (Wildman–Crippen MR) is 168 cm³/mol. The molecule has 0 saturated heterocycles. The average molecular weight is 529 g/mol. The lowest BCUT2D eigenvalue weighted by Gasteiger charge is -2.43. The van der Waals surface area contributed by atoms with Crippen LogP contribution >= 0.6 is 0 Å². The third-order valence-corrected chi connectivity index (χ3v) is 9.84. The number of allylic oxidation sites excluding steroid dienone is 2. The number of phenolic OH excluding ortho intramolecular Hbond substituents is 1. The molecule has 1 saturated carbocycles. The van der Waals surface area contributed by atoms with Gasteiger partial charge in [0, 0.05) is 0 Å². The maximum atomic E-state index is 10.7. The number of hydrogen-bond acceptors (Lipinski definition) is 1. The number of benzene rings is 2. The zero-order valence-electron chi connectivity index (χ0n) is 25.6. The Kier molecular flexibility index (Phi) is 11.2. The molecule has 2 aliphatic rings. The summed E-state index contributed by atoms with van der Waals surface area (Å²) in [6.45, 7) is 9.59. The predicted octanol–water partition coefficient (Wildman–Crippen LogP) is 10.9. The summed E-state index contributed by atoms with van der Waals surface area (Å²) in [5.41, 5.74) is 5.88. The molecule has 1 fully saturated rings. The van der Waals surface area contributed by atoms with E-state index in [-0.39, 0.29) is 0 Å². The summed E-state index contributed by atoms with van der Waals surface area (Å²) >= 11 is 0. The summed E-state index contributed by atoms with van der Waals surface area (Å²) in [6, 6.07) is 15.4. The van der Waals surface area contributed by atoms with E-state index in [0.29, 0.717) is 11.2 Å². The minimum absolute atomic E-state index is 0.373. The van der Waals surface area contributed by atoms with Gasteiger partial charge < -0.3 is 5.11 Å². The van der Waals surface area contributed by atoms with E-state index in [2.05, 4.69) is 70.2 Å². The Labute approximate surface area is 240 Å². The van der Waals surface area contributed by atoms with E-state index in [9.17, 15) is 5.11 Å². The Morgan fingerprint density at radius 1 is 0.923 bits per heavy atom. The first-order valence-electron chi connectivity index (χ1n) is 16.4. The summed E-state index contributed by atoms with van der Waals surface area (Å²) < 4.78 is 0. The van der Waals surface area contributed by atoms with Crippen molar-refractivity contribution in [1.82, 2.24) is 0 Å². The van der Waals surface area contributed by atoms with Crippen molar-refractivity contribution in [2.45, 2.75) is 124 Å². The minimum atomic E-state index is 0.373. The SMILES string of the molecule is CC(C)CCCCCCCc1ccccc1Cc1cc(O)cc(CC2CCCC(C3(C)C=CCC(C)C3)C2)c1. The van der Waals surface area contributed by atoms with Crippen LogP contribution in [0.3, 0.4) is 0 Å². The number of rotatable bonds is 13. The molecule has 0 spiro atoms. The van der Waals surface area contributed by atoms with Gasteiger partial charge in [-0.25, -0.2) is 0 Å². The molecule has 4 atom stereocenters. The Bertz CT molecular complexity index is 1050. The van der Waals surface area contributed by atoms with Crippen molar-refractivity contribution in [2.75, 3.05) is 0 Å². The number of unbranched alkanes of at least 4 members (excludes halogenated alkanes) is 4. The fourth-order valence-corrected chi connectivity index (χ4v) is 7.74. The molecular weight excluding hydrogens is 472 g/mol. The maximum absolute atomic E-state index is 10.7. The zero-order valence-corrected chi connectivity index (χ0v) is 25.6. The van der Waals surface area contributed by atoms with E-state index in [0.717, 1.165) is 36.5 Å². The summed E-state index contributed by atoms with van der Waals surface area (Å²) in [7, 11) is 0. The van der Waals surface area contributed by atoms with Crippen molar-refractivity contribution < 1.29 is 5.11 Å². The molecule has 1 N–H and O–H groups in total. The van der Waals surface area contributed by atoms with E-state index in [1.807, 2.05) is 12.1 Å². The summed E-state index contributed by atoms with van der Waals surface area (Å²) in [5.74, 6) is 3.61. The van der Waals surface area contributed by atoms with Gasteiger partial charge in [0.2, 0.25) is 0 Å². The van der Waals surface area contributed by atoms with Crippen molar-refractivity contribution in [3.05, 3.63) is 76.9 Å². The second-order valence-corrected chi connectivity index (χ2v) is 14.0. The molecule has 4 unspecified atom stereocenters. The highest BCUT2D eigenvalue weighted by molar-refractivity contribution is 5.39. The van der Waals surface area contributed by atoms with Crippen LogP contribution in [0, 0.1) is 29.1 Å². The van der Waals surface area contributed by atoms with Crippen LogP contribution in [0.1, 0.15) is 127 Å². The summed E-state index contributed by atoms with van der Waals surface area (Å²) in [4.78, 5) is 0. The van der Waals surface area contributed by atoms with Crippen LogP contribution in [0.5, 0.6) is 5.75 Å². The van der Waals surface area contributed by atoms with Gasteiger partial charge in [-0.2, -0.15) is 0 Å². The molecule has 0 aromatic heterocycles. The molecule has 2 aliphatic carbocycles. The standard InChI is InChI=1S/C38H56O/c1-29(2)14-8-6-5-7-9-17-34-18-10-11-19-35(34)24-33-23-32(26-37(39)27-33)22-31-16-12-20-36(25-31)38(4)21-13-15-30(3)28-38/h10-11,13,18-19,21,23,26-27,29-31,36,39H,5-9,12,14-17,20,22,24-25,28H2,1-4H3. The molecule has 2 aromatic carbocycles. The van der Waals surface area contributed by atoms with Crippen molar-refractivity contribution >= 4 is 0 Å². The molecular formula is C38H56O. The second-order valence-electron chi connectivity index (χ2n) is 14.0. The topological polar surface area (TPSA) is 20.2 Å². The fourth-order valence-electron chi connectivity index (χ4n) is 7.74. The van der Waals surface area contributed by atoms with Gasteiger partial charge in [-0.05, 0) is 115 Å². The molecule has 0 amide bonds. The number of aromatic hydroxyl groups is 1. The molecule has 1 nitrogen and oxygen atoms in total. The lowest BCUT2D eigenvalue weighted by molar-refractivity contribution is 0.119. The summed E-state index contributed by atoms with van der Waals surface area (Å²) in [6.07, 6.45) is 24.3. The van der Waals surface area contributed by atoms with Gasteiger partial charge in [-0.3, -0.25) is 0 Å². The van der Waals surface area contributed by atoms with Crippen LogP contribution in [0.2, 0.25) is 0 Å². The fraction of sp³-hybridized carbons (Fsp3) is 0.632. The van der Waals surface area contributed by atoms with E-state index in [1.54, 1.807) is 0 Å². The minimum Gasteiger partial charge on any atom is -0.508 e. The van der Waals surface area contributed by atoms with Gasteiger partial charge in [-0.1, -0.05) is 115 Å². The van der Waals surface area contributed by atoms with Crippen molar-refractivity contribution in [1.29, 1.82) is 0 Å². The lowest BCUT2D eigenvalue weighted by atomic mass is 9.61. The summed E-state index contributed by atoms with van der Waals surface area (Å²) in [5, 5.41) is 10.7. The molecule has 0 aliphatic heterocycles. The van der Waals surface area contributed by atoms with Crippen LogP contribution in [-0.4, -0.2) is 5.11 Å². The molecule has 4 rings (SSSR count). The molecule has 2 aromatic rings. The Morgan fingerprint density at radius 2 is 1.67 bits per heavy atom. The Morgan fingerprint density at radius 3 is 2.46 bits per heavy atom. The quantitative estimate of drug-likeness (QED) is 0.202. The van der Waals surface area contributed by atoms with Gasteiger partial charge in [0.1, 0.15) is 5.75 Å². The van der Waals surface area contributed by atoms with Gasteiger partial charge in [-0.15, -0.1) is 0 Å². The molecule has 0 heterocycles. The first kappa shape index (κ1) is 30.0. The van der Waals surface area contributed by atoms with Gasteiger partial charge in [0.15, 0.2) is 0 Å². The first-order valence-corrected chi connectivity index (χ1v) is 16.4. The molecule has 0 radical (unpaired) electrons. The first-order chi connectivity index (χ1) is 18.8. The second kappa shape index (κ2) is 14.6. The highest BCUT2D eigenvalue weighted by Gasteiger charge is 2.37. The van der Waals surface area contributed by atoms with Crippen molar-refractivity contribution in [3.63, 3.8) is 0 Å². The van der Waals surface area contributed by atoms with Crippen molar-refractivity contribution in [3.8, 4) is 5.75 Å². The smallest absolute Gasteiger partial charge is 0.116 e. The van der Waals surface area contributed by atoms with E-state index in [1.165, 1.54) is 106 Å². The third-order valence-electron chi connectivity index (χ3n) is 9.84. The van der Waals surface area contributed by atoms with Crippen LogP contribution in [0.25, 0.3) is 0 Å². The zero-order chi connectivity index (χ0) is 27.7. The molecule has 39 heavy (non-hydrogen) atoms. The number of phenols is 1. The number of hydrogen-bond donors (Lipinski definition) is 1. The van der Waals surface area contributed by atoms with Crippen LogP contribution in [0.15, 0.2) is 54.6 Å². The van der Waals surface area contributed by atoms with E-state index < -0.39 is 0 Å². The largest absolute Gasteiger partial charge is 0.508 e. The van der Waals surface area contributed by atoms with Gasteiger partial charge in [0.05, 0.1) is 0 Å². The van der Waals surface area contributed by atoms with E-state index in [4.69, 9.17) is 0 Å². The lowest BCUT2D eigenvalue weighted by Crippen LogP contribution is -2.33. The maximum Gasteiger partial charge on any atom is 0.116 e. The van der Waals surface area contributed by atoms with Crippen molar-refractivity contribution in [2.24, 2.45) is 29.1 Å². The highest BCUT2D eigenvalue weighted by atomic mass is 16.3. The van der Waals surface area contributed by atoms with Crippen LogP contribution in [0.4, 0.5) is 0 Å². The van der Waals surface area contributed by atoms with Gasteiger partial charge >= 0.3 is 0 Å². The highest BCUT2D eigenvalue weighted by Crippen LogP contribution is 2.48. The van der Waals surface area contributed by atoms with Crippen LogP contribution < -0.4 is 0 Å². The normalized spacial score (nSPS) is 25.3. The van der Waals surface area contributed by atoms with E-state index >= 15 is 0 Å². The Balaban J connectivity index is 1.33. The molecule has 0 bridgehead atoms.